The maximum absolute atomic E-state index is 5.89. The van der Waals surface area contributed by atoms with E-state index in [1.165, 1.54) is 0 Å². The Labute approximate surface area is 114 Å². The summed E-state index contributed by atoms with van der Waals surface area (Å²) < 4.78 is 11.0. The third-order valence-corrected chi connectivity index (χ3v) is 3.06. The van der Waals surface area contributed by atoms with E-state index in [1.54, 1.807) is 7.11 Å². The van der Waals surface area contributed by atoms with Crippen molar-refractivity contribution >= 4 is 0 Å². The highest BCUT2D eigenvalue weighted by Gasteiger charge is 2.07. The predicted molar refractivity (Wildman–Crippen MR) is 76.4 cm³/mol. The summed E-state index contributed by atoms with van der Waals surface area (Å²) in [4.78, 5) is 0. The molecule has 3 nitrogen and oxygen atoms in total. The zero-order valence-corrected chi connectivity index (χ0v) is 11.3. The molecule has 0 saturated heterocycles. The topological polar surface area (TPSA) is 44.5 Å². The lowest BCUT2D eigenvalue weighted by atomic mass is 10.1. The Morgan fingerprint density at radius 3 is 2.05 bits per heavy atom. The van der Waals surface area contributed by atoms with Crippen LogP contribution in [0.2, 0.25) is 0 Å². The summed E-state index contributed by atoms with van der Waals surface area (Å²) in [6, 6.07) is 15.8. The second-order valence-corrected chi connectivity index (χ2v) is 4.38. The summed E-state index contributed by atoms with van der Waals surface area (Å²) in [6.07, 6.45) is -0.00497. The van der Waals surface area contributed by atoms with E-state index in [0.717, 1.165) is 22.6 Å². The molecule has 100 valence electrons. The van der Waals surface area contributed by atoms with Gasteiger partial charge in [0.15, 0.2) is 0 Å². The third kappa shape index (κ3) is 3.48. The number of ether oxygens (including phenoxy) is 2. The van der Waals surface area contributed by atoms with Crippen molar-refractivity contribution < 1.29 is 9.47 Å². The van der Waals surface area contributed by atoms with E-state index in [2.05, 4.69) is 0 Å². The van der Waals surface area contributed by atoms with Crippen LogP contribution >= 0.6 is 0 Å². The summed E-state index contributed by atoms with van der Waals surface area (Å²) in [6.45, 7) is 2.58. The summed E-state index contributed by atoms with van der Waals surface area (Å²) >= 11 is 0. The summed E-state index contributed by atoms with van der Waals surface area (Å²) in [7, 11) is 1.66. The molecule has 0 fully saturated rings. The molecule has 0 aliphatic carbocycles. The molecule has 0 amide bonds. The Morgan fingerprint density at radius 1 is 0.947 bits per heavy atom. The predicted octanol–water partition coefficient (Wildman–Crippen LogP) is 3.29. The van der Waals surface area contributed by atoms with E-state index in [-0.39, 0.29) is 6.10 Å². The molecule has 0 spiro atoms. The normalized spacial score (nSPS) is 11.9. The molecule has 3 heteroatoms. The van der Waals surface area contributed by atoms with Crippen LogP contribution in [0.4, 0.5) is 0 Å². The van der Waals surface area contributed by atoms with Crippen molar-refractivity contribution in [2.24, 2.45) is 5.73 Å². The Morgan fingerprint density at radius 2 is 1.53 bits per heavy atom. The second-order valence-electron chi connectivity index (χ2n) is 4.38. The zero-order chi connectivity index (χ0) is 13.7. The second kappa shape index (κ2) is 6.25. The Hall–Kier alpha value is -2.00. The fourth-order valence-electron chi connectivity index (χ4n) is 1.85. The van der Waals surface area contributed by atoms with Crippen LogP contribution in [-0.4, -0.2) is 7.11 Å². The van der Waals surface area contributed by atoms with Crippen LogP contribution in [0.25, 0.3) is 0 Å². The van der Waals surface area contributed by atoms with Crippen molar-refractivity contribution in [3.63, 3.8) is 0 Å². The van der Waals surface area contributed by atoms with E-state index in [0.29, 0.717) is 6.54 Å². The fraction of sp³-hybridized carbons (Fsp3) is 0.250. The molecule has 0 bridgehead atoms. The fourth-order valence-corrected chi connectivity index (χ4v) is 1.85. The number of benzene rings is 2. The first-order valence-corrected chi connectivity index (χ1v) is 6.32. The first-order valence-electron chi connectivity index (χ1n) is 6.32. The van der Waals surface area contributed by atoms with Gasteiger partial charge in [0, 0.05) is 6.54 Å². The largest absolute Gasteiger partial charge is 0.497 e. The highest BCUT2D eigenvalue weighted by Crippen LogP contribution is 2.23. The van der Waals surface area contributed by atoms with Crippen LogP contribution in [0, 0.1) is 0 Å². The third-order valence-electron chi connectivity index (χ3n) is 3.06. The van der Waals surface area contributed by atoms with E-state index < -0.39 is 0 Å². The summed E-state index contributed by atoms with van der Waals surface area (Å²) in [5.74, 6) is 1.70. The van der Waals surface area contributed by atoms with Crippen molar-refractivity contribution in [3.8, 4) is 11.5 Å². The molecular formula is C16H19NO2. The van der Waals surface area contributed by atoms with Gasteiger partial charge in [0.1, 0.15) is 17.6 Å². The van der Waals surface area contributed by atoms with Gasteiger partial charge in [-0.15, -0.1) is 0 Å². The van der Waals surface area contributed by atoms with Gasteiger partial charge < -0.3 is 15.2 Å². The molecule has 0 radical (unpaired) electrons. The molecule has 2 aromatic rings. The lowest BCUT2D eigenvalue weighted by Crippen LogP contribution is -2.03. The van der Waals surface area contributed by atoms with Crippen LogP contribution in [0.15, 0.2) is 48.5 Å². The first-order chi connectivity index (χ1) is 9.22. The van der Waals surface area contributed by atoms with Gasteiger partial charge in [-0.3, -0.25) is 0 Å². The van der Waals surface area contributed by atoms with Crippen LogP contribution < -0.4 is 15.2 Å². The number of methoxy groups -OCH3 is 1. The molecule has 1 atom stereocenters. The van der Waals surface area contributed by atoms with Gasteiger partial charge >= 0.3 is 0 Å². The van der Waals surface area contributed by atoms with Crippen molar-refractivity contribution in [1.29, 1.82) is 0 Å². The lowest BCUT2D eigenvalue weighted by molar-refractivity contribution is 0.227. The Kier molecular flexibility index (Phi) is 4.42. The van der Waals surface area contributed by atoms with Crippen molar-refractivity contribution in [1.82, 2.24) is 0 Å². The highest BCUT2D eigenvalue weighted by molar-refractivity contribution is 5.31. The molecule has 0 aliphatic heterocycles. The molecule has 2 rings (SSSR count). The number of rotatable bonds is 5. The maximum atomic E-state index is 5.89. The van der Waals surface area contributed by atoms with E-state index in [1.807, 2.05) is 55.5 Å². The molecular weight excluding hydrogens is 238 g/mol. The average Bonchev–Trinajstić information content (AvgIpc) is 2.48. The molecule has 0 saturated carbocycles. The van der Waals surface area contributed by atoms with Gasteiger partial charge in [0.05, 0.1) is 7.11 Å². The van der Waals surface area contributed by atoms with Gasteiger partial charge in [-0.25, -0.2) is 0 Å². The number of hydrogen-bond acceptors (Lipinski definition) is 3. The van der Waals surface area contributed by atoms with Crippen LogP contribution in [0.3, 0.4) is 0 Å². The van der Waals surface area contributed by atoms with Crippen LogP contribution in [0.5, 0.6) is 11.5 Å². The maximum Gasteiger partial charge on any atom is 0.121 e. The Bertz CT molecular complexity index is 505. The van der Waals surface area contributed by atoms with Crippen molar-refractivity contribution in [2.45, 2.75) is 19.6 Å². The SMILES string of the molecule is COc1ccc(C(C)Oc2ccc(CN)cc2)cc1. The van der Waals surface area contributed by atoms with Crippen LogP contribution in [0.1, 0.15) is 24.2 Å². The number of nitrogens with two attached hydrogens (primary N) is 1. The summed E-state index contributed by atoms with van der Waals surface area (Å²) in [5, 5.41) is 0. The monoisotopic (exact) mass is 257 g/mol. The van der Waals surface area contributed by atoms with Crippen molar-refractivity contribution in [3.05, 3.63) is 59.7 Å². The van der Waals surface area contributed by atoms with E-state index in [9.17, 15) is 0 Å². The standard InChI is InChI=1S/C16H19NO2/c1-12(14-5-9-15(18-2)10-6-14)19-16-7-3-13(11-17)4-8-16/h3-10,12H,11,17H2,1-2H3. The molecule has 2 N–H and O–H groups in total. The molecule has 0 heterocycles. The van der Waals surface area contributed by atoms with Gasteiger partial charge in [0.2, 0.25) is 0 Å². The first kappa shape index (κ1) is 13.4. The minimum atomic E-state index is -0.00497. The molecule has 1 unspecified atom stereocenters. The minimum absolute atomic E-state index is 0.00497. The number of hydrogen-bond donors (Lipinski definition) is 1. The highest BCUT2D eigenvalue weighted by atomic mass is 16.5. The van der Waals surface area contributed by atoms with Gasteiger partial charge in [-0.2, -0.15) is 0 Å². The average molecular weight is 257 g/mol. The van der Waals surface area contributed by atoms with Crippen LogP contribution in [-0.2, 0) is 6.54 Å². The lowest BCUT2D eigenvalue weighted by Gasteiger charge is -2.15. The van der Waals surface area contributed by atoms with E-state index >= 15 is 0 Å². The zero-order valence-electron chi connectivity index (χ0n) is 11.3. The quantitative estimate of drug-likeness (QED) is 0.893. The molecule has 2 aromatic carbocycles. The molecule has 0 aliphatic rings. The minimum Gasteiger partial charge on any atom is -0.497 e. The van der Waals surface area contributed by atoms with Gasteiger partial charge in [-0.05, 0) is 42.3 Å². The smallest absolute Gasteiger partial charge is 0.121 e. The van der Waals surface area contributed by atoms with E-state index in [4.69, 9.17) is 15.2 Å². The molecule has 19 heavy (non-hydrogen) atoms. The van der Waals surface area contributed by atoms with Gasteiger partial charge in [0.25, 0.3) is 0 Å². The summed E-state index contributed by atoms with van der Waals surface area (Å²) in [5.41, 5.74) is 7.78. The molecule has 0 aromatic heterocycles. The Balaban J connectivity index is 2.04. The van der Waals surface area contributed by atoms with Gasteiger partial charge in [-0.1, -0.05) is 24.3 Å². The van der Waals surface area contributed by atoms with Crippen molar-refractivity contribution in [2.75, 3.05) is 7.11 Å².